The van der Waals surface area contributed by atoms with Gasteiger partial charge in [-0.15, -0.1) is 11.3 Å². The van der Waals surface area contributed by atoms with E-state index in [1.807, 2.05) is 0 Å². The molecule has 1 aliphatic rings. The van der Waals surface area contributed by atoms with Gasteiger partial charge < -0.3 is 5.73 Å². The highest BCUT2D eigenvalue weighted by atomic mass is 32.1. The molecular formula is C12H17NOS. The van der Waals surface area contributed by atoms with E-state index in [9.17, 15) is 4.79 Å². The normalized spacial score (nSPS) is 25.0. The lowest BCUT2D eigenvalue weighted by molar-refractivity contribution is 0.101. The predicted molar refractivity (Wildman–Crippen MR) is 64.6 cm³/mol. The molecule has 2 N–H and O–H groups in total. The lowest BCUT2D eigenvalue weighted by Gasteiger charge is -2.25. The van der Waals surface area contributed by atoms with Crippen LogP contribution in [0.2, 0.25) is 0 Å². The summed E-state index contributed by atoms with van der Waals surface area (Å²) in [5.74, 6) is 1.31. The zero-order valence-electron chi connectivity index (χ0n) is 9.46. The van der Waals surface area contributed by atoms with Gasteiger partial charge in [0.25, 0.3) is 0 Å². The summed E-state index contributed by atoms with van der Waals surface area (Å²) >= 11 is 1.61. The molecule has 1 aliphatic carbocycles. The van der Waals surface area contributed by atoms with Gasteiger partial charge in [-0.25, -0.2) is 0 Å². The van der Waals surface area contributed by atoms with Gasteiger partial charge in [0.2, 0.25) is 0 Å². The van der Waals surface area contributed by atoms with Gasteiger partial charge in [-0.3, -0.25) is 4.79 Å². The second kappa shape index (κ2) is 3.63. The van der Waals surface area contributed by atoms with E-state index in [-0.39, 0.29) is 5.78 Å². The molecule has 2 rings (SSSR count). The van der Waals surface area contributed by atoms with Gasteiger partial charge >= 0.3 is 0 Å². The van der Waals surface area contributed by atoms with Crippen molar-refractivity contribution in [2.45, 2.75) is 39.5 Å². The minimum absolute atomic E-state index is 0.117. The molecule has 15 heavy (non-hydrogen) atoms. The molecule has 0 fully saturated rings. The van der Waals surface area contributed by atoms with E-state index in [0.29, 0.717) is 16.8 Å². The summed E-state index contributed by atoms with van der Waals surface area (Å²) in [6.07, 6.45) is 2.26. The Kier molecular flexibility index (Phi) is 2.59. The van der Waals surface area contributed by atoms with Crippen molar-refractivity contribution in [2.75, 3.05) is 5.73 Å². The van der Waals surface area contributed by atoms with Gasteiger partial charge in [0, 0.05) is 4.88 Å². The Morgan fingerprint density at radius 2 is 2.13 bits per heavy atom. The monoisotopic (exact) mass is 223 g/mol. The van der Waals surface area contributed by atoms with Crippen molar-refractivity contribution in [1.29, 1.82) is 0 Å². The molecule has 1 heterocycles. The Hall–Kier alpha value is -0.830. The Bertz CT molecular complexity index is 408. The number of Topliss-reactive ketones (excluding diaryl/α,β-unsaturated/α-hetero) is 1. The maximum atomic E-state index is 11.6. The van der Waals surface area contributed by atoms with Crippen LogP contribution in [0.15, 0.2) is 0 Å². The van der Waals surface area contributed by atoms with Gasteiger partial charge in [-0.05, 0) is 37.2 Å². The summed E-state index contributed by atoms with van der Waals surface area (Å²) in [5.41, 5.74) is 7.97. The van der Waals surface area contributed by atoms with Crippen LogP contribution in [-0.4, -0.2) is 5.78 Å². The zero-order chi connectivity index (χ0) is 11.2. The topological polar surface area (TPSA) is 43.1 Å². The minimum Gasteiger partial charge on any atom is -0.390 e. The van der Waals surface area contributed by atoms with E-state index < -0.39 is 0 Å². The second-order valence-corrected chi connectivity index (χ2v) is 5.82. The molecule has 82 valence electrons. The lowest BCUT2D eigenvalue weighted by Crippen LogP contribution is -2.15. The predicted octanol–water partition coefficient (Wildman–Crippen LogP) is 3.22. The summed E-state index contributed by atoms with van der Waals surface area (Å²) in [4.78, 5) is 12.9. The first-order valence-corrected chi connectivity index (χ1v) is 6.24. The molecule has 1 aromatic rings. The van der Waals surface area contributed by atoms with Crippen molar-refractivity contribution in [1.82, 2.24) is 0 Å². The van der Waals surface area contributed by atoms with Crippen molar-refractivity contribution in [3.05, 3.63) is 16.0 Å². The van der Waals surface area contributed by atoms with Crippen LogP contribution in [0.4, 0.5) is 5.00 Å². The fraction of sp³-hybridized carbons (Fsp3) is 0.583. The largest absolute Gasteiger partial charge is 0.390 e. The van der Waals surface area contributed by atoms with E-state index in [4.69, 9.17) is 5.73 Å². The summed E-state index contributed by atoms with van der Waals surface area (Å²) in [7, 11) is 0. The van der Waals surface area contributed by atoms with Gasteiger partial charge in [0.05, 0.1) is 10.6 Å². The number of fused-ring (bicyclic) bond motifs is 1. The molecule has 1 aromatic heterocycles. The molecule has 0 saturated carbocycles. The third-order valence-electron chi connectivity index (χ3n) is 3.18. The number of nitrogens with two attached hydrogens (primary N) is 1. The molecule has 0 radical (unpaired) electrons. The van der Waals surface area contributed by atoms with Crippen molar-refractivity contribution in [3.63, 3.8) is 0 Å². The number of thiophene rings is 1. The highest BCUT2D eigenvalue weighted by Crippen LogP contribution is 2.43. The van der Waals surface area contributed by atoms with Gasteiger partial charge in [-0.2, -0.15) is 0 Å². The second-order valence-electron chi connectivity index (χ2n) is 4.68. The van der Waals surface area contributed by atoms with Crippen molar-refractivity contribution in [2.24, 2.45) is 5.92 Å². The molecule has 2 atom stereocenters. The van der Waals surface area contributed by atoms with Crippen LogP contribution in [0.5, 0.6) is 0 Å². The summed E-state index contributed by atoms with van der Waals surface area (Å²) in [6.45, 7) is 6.08. The molecule has 0 spiro atoms. The Balaban J connectivity index is 2.56. The Morgan fingerprint density at radius 1 is 1.47 bits per heavy atom. The standard InChI is InChI=1S/C12H17NOS/c1-6-4-7(2)10-9(5-6)15-12(13)11(10)8(3)14/h6-7H,4-5,13H2,1-3H3. The SMILES string of the molecule is CC(=O)c1c(N)sc2c1C(C)CC(C)C2. The van der Waals surface area contributed by atoms with Crippen molar-refractivity contribution < 1.29 is 4.79 Å². The lowest BCUT2D eigenvalue weighted by atomic mass is 9.80. The van der Waals surface area contributed by atoms with Gasteiger partial charge in [-0.1, -0.05) is 13.8 Å². The molecule has 3 heteroatoms. The van der Waals surface area contributed by atoms with E-state index in [1.165, 1.54) is 16.9 Å². The number of rotatable bonds is 1. The maximum Gasteiger partial charge on any atom is 0.163 e. The number of carbonyl (C=O) groups excluding carboxylic acids is 1. The summed E-state index contributed by atoms with van der Waals surface area (Å²) in [5, 5.41) is 0.716. The number of ketones is 1. The van der Waals surface area contributed by atoms with Crippen LogP contribution in [-0.2, 0) is 6.42 Å². The number of anilines is 1. The Labute approximate surface area is 94.5 Å². The molecule has 0 amide bonds. The fourth-order valence-electron chi connectivity index (χ4n) is 2.67. The number of carbonyl (C=O) groups is 1. The third-order valence-corrected chi connectivity index (χ3v) is 4.24. The molecule has 0 aromatic carbocycles. The van der Waals surface area contributed by atoms with Crippen LogP contribution < -0.4 is 5.73 Å². The molecular weight excluding hydrogens is 206 g/mol. The van der Waals surface area contributed by atoms with Crippen LogP contribution in [0.25, 0.3) is 0 Å². The summed E-state index contributed by atoms with van der Waals surface area (Å²) < 4.78 is 0. The third kappa shape index (κ3) is 1.69. The number of hydrogen-bond acceptors (Lipinski definition) is 3. The van der Waals surface area contributed by atoms with E-state index in [0.717, 1.165) is 12.0 Å². The molecule has 2 nitrogen and oxygen atoms in total. The number of nitrogen functional groups attached to an aromatic ring is 1. The van der Waals surface area contributed by atoms with Crippen molar-refractivity contribution in [3.8, 4) is 0 Å². The first-order chi connectivity index (χ1) is 7.00. The molecule has 0 aliphatic heterocycles. The van der Waals surface area contributed by atoms with Crippen LogP contribution in [0.1, 0.15) is 53.9 Å². The van der Waals surface area contributed by atoms with Crippen LogP contribution >= 0.6 is 11.3 Å². The van der Waals surface area contributed by atoms with Gasteiger partial charge in [0.1, 0.15) is 0 Å². The first kappa shape index (κ1) is 10.7. The summed E-state index contributed by atoms with van der Waals surface area (Å²) in [6, 6.07) is 0. The zero-order valence-corrected chi connectivity index (χ0v) is 10.3. The van der Waals surface area contributed by atoms with Gasteiger partial charge in [0.15, 0.2) is 5.78 Å². The molecule has 2 unspecified atom stereocenters. The average Bonchev–Trinajstić information content (AvgIpc) is 2.40. The molecule has 0 saturated heterocycles. The number of hydrogen-bond donors (Lipinski definition) is 1. The average molecular weight is 223 g/mol. The highest BCUT2D eigenvalue weighted by Gasteiger charge is 2.29. The van der Waals surface area contributed by atoms with Crippen LogP contribution in [0.3, 0.4) is 0 Å². The molecule has 0 bridgehead atoms. The van der Waals surface area contributed by atoms with Crippen LogP contribution in [0, 0.1) is 5.92 Å². The smallest absolute Gasteiger partial charge is 0.163 e. The van der Waals surface area contributed by atoms with E-state index >= 15 is 0 Å². The Morgan fingerprint density at radius 3 is 2.73 bits per heavy atom. The quantitative estimate of drug-likeness (QED) is 0.743. The maximum absolute atomic E-state index is 11.6. The van der Waals surface area contributed by atoms with Crippen molar-refractivity contribution >= 4 is 22.1 Å². The first-order valence-electron chi connectivity index (χ1n) is 5.42. The van der Waals surface area contributed by atoms with E-state index in [2.05, 4.69) is 13.8 Å². The highest BCUT2D eigenvalue weighted by molar-refractivity contribution is 7.16. The van der Waals surface area contributed by atoms with E-state index in [1.54, 1.807) is 18.3 Å². The minimum atomic E-state index is 0.117. The fourth-order valence-corrected chi connectivity index (χ4v) is 4.07.